The van der Waals surface area contributed by atoms with Gasteiger partial charge >= 0.3 is 0 Å². The van der Waals surface area contributed by atoms with Crippen molar-refractivity contribution in [2.24, 2.45) is 0 Å². The highest BCUT2D eigenvalue weighted by atomic mass is 16.5. The number of ether oxygens (including phenoxy) is 1. The first kappa shape index (κ1) is 22.2. The van der Waals surface area contributed by atoms with Gasteiger partial charge in [-0.25, -0.2) is 15.0 Å². The molecule has 6 heterocycles. The van der Waals surface area contributed by atoms with Crippen molar-refractivity contribution in [3.63, 3.8) is 0 Å². The number of hydrogen-bond acceptors (Lipinski definition) is 9. The summed E-state index contributed by atoms with van der Waals surface area (Å²) in [6.07, 6.45) is 4.02. The van der Waals surface area contributed by atoms with E-state index in [1.165, 1.54) is 0 Å². The van der Waals surface area contributed by atoms with Crippen LogP contribution in [0.4, 0.5) is 17.5 Å². The minimum absolute atomic E-state index is 0.0359. The molecule has 0 saturated carbocycles. The van der Waals surface area contributed by atoms with E-state index in [-0.39, 0.29) is 12.5 Å². The number of nitrogen functional groups attached to an aromatic ring is 1. The maximum absolute atomic E-state index is 12.2. The molecule has 2 aliphatic rings. The number of aliphatic hydroxyl groups is 1. The van der Waals surface area contributed by atoms with Crippen molar-refractivity contribution in [2.45, 2.75) is 32.4 Å². The standard InChI is InChI=1S/C25H26N8O3/c1-13-16(10-28-25-23(13)19(34)4-6-36-25)18-7-14-8-20(27-11-17(14)24(26)29-18)30-21-9-15-3-5-32(2)22(35)12-33(15)31-21/h7-11,19,34H,3-6,12H2,1-2H3,(H2,26,29)(H,27,30,31)/t19-/m1/s1. The number of pyridine rings is 3. The van der Waals surface area contributed by atoms with Crippen LogP contribution in [-0.4, -0.2) is 60.8 Å². The van der Waals surface area contributed by atoms with Crippen LogP contribution < -0.4 is 15.8 Å². The quantitative estimate of drug-likeness (QED) is 0.397. The molecule has 4 N–H and O–H groups in total. The Hall–Kier alpha value is -4.25. The van der Waals surface area contributed by atoms with E-state index in [1.807, 2.05) is 25.1 Å². The molecular weight excluding hydrogens is 460 g/mol. The first-order valence-corrected chi connectivity index (χ1v) is 11.8. The zero-order valence-corrected chi connectivity index (χ0v) is 20.0. The number of amides is 1. The second-order valence-electron chi connectivity index (χ2n) is 9.22. The van der Waals surface area contributed by atoms with Crippen LogP contribution in [0, 0.1) is 6.92 Å². The fourth-order valence-electron chi connectivity index (χ4n) is 4.79. The summed E-state index contributed by atoms with van der Waals surface area (Å²) in [5.74, 6) is 2.08. The highest BCUT2D eigenvalue weighted by Gasteiger charge is 2.25. The largest absolute Gasteiger partial charge is 0.477 e. The maximum atomic E-state index is 12.2. The lowest BCUT2D eigenvalue weighted by molar-refractivity contribution is -0.130. The van der Waals surface area contributed by atoms with E-state index in [1.54, 1.807) is 29.0 Å². The fourth-order valence-corrected chi connectivity index (χ4v) is 4.79. The topological polar surface area (TPSA) is 144 Å². The Morgan fingerprint density at radius 3 is 2.92 bits per heavy atom. The van der Waals surface area contributed by atoms with Gasteiger partial charge in [0.05, 0.1) is 18.4 Å². The molecule has 0 radical (unpaired) electrons. The molecule has 1 amide bonds. The molecule has 0 saturated heterocycles. The van der Waals surface area contributed by atoms with Gasteiger partial charge in [-0.15, -0.1) is 0 Å². The third-order valence-electron chi connectivity index (χ3n) is 6.87. The molecule has 0 aliphatic carbocycles. The van der Waals surface area contributed by atoms with Crippen LogP contribution in [0.5, 0.6) is 5.88 Å². The van der Waals surface area contributed by atoms with Gasteiger partial charge in [0.15, 0.2) is 5.82 Å². The Morgan fingerprint density at radius 2 is 2.06 bits per heavy atom. The Bertz CT molecular complexity index is 1520. The number of fused-ring (bicyclic) bond motifs is 3. The molecule has 4 aromatic rings. The van der Waals surface area contributed by atoms with Gasteiger partial charge in [-0.1, -0.05) is 0 Å². The van der Waals surface area contributed by atoms with Crippen LogP contribution in [0.1, 0.15) is 29.3 Å². The van der Waals surface area contributed by atoms with Crippen molar-refractivity contribution in [3.05, 3.63) is 47.4 Å². The first-order chi connectivity index (χ1) is 17.4. The third kappa shape index (κ3) is 3.77. The molecule has 2 aliphatic heterocycles. The summed E-state index contributed by atoms with van der Waals surface area (Å²) in [5.41, 5.74) is 10.3. The van der Waals surface area contributed by atoms with Crippen molar-refractivity contribution in [2.75, 3.05) is 31.2 Å². The number of nitrogens with two attached hydrogens (primary N) is 1. The number of aliphatic hydroxyl groups excluding tert-OH is 1. The van der Waals surface area contributed by atoms with Gasteiger partial charge in [-0.05, 0) is 30.0 Å². The van der Waals surface area contributed by atoms with Crippen LogP contribution in [-0.2, 0) is 17.8 Å². The second-order valence-corrected chi connectivity index (χ2v) is 9.22. The number of hydrogen-bond donors (Lipinski definition) is 3. The average molecular weight is 487 g/mol. The highest BCUT2D eigenvalue weighted by Crippen LogP contribution is 2.38. The molecule has 0 spiro atoms. The van der Waals surface area contributed by atoms with Crippen molar-refractivity contribution < 1.29 is 14.6 Å². The normalized spacial score (nSPS) is 17.4. The van der Waals surface area contributed by atoms with Gasteiger partial charge in [0.1, 0.15) is 18.2 Å². The Morgan fingerprint density at radius 1 is 1.19 bits per heavy atom. The van der Waals surface area contributed by atoms with Crippen LogP contribution in [0.3, 0.4) is 0 Å². The third-order valence-corrected chi connectivity index (χ3v) is 6.87. The van der Waals surface area contributed by atoms with E-state index in [9.17, 15) is 9.90 Å². The zero-order valence-electron chi connectivity index (χ0n) is 20.0. The monoisotopic (exact) mass is 486 g/mol. The highest BCUT2D eigenvalue weighted by molar-refractivity contribution is 5.95. The molecule has 11 nitrogen and oxygen atoms in total. The number of nitrogens with zero attached hydrogens (tertiary/aromatic N) is 6. The molecule has 36 heavy (non-hydrogen) atoms. The molecule has 4 aromatic heterocycles. The van der Waals surface area contributed by atoms with Crippen LogP contribution >= 0.6 is 0 Å². The van der Waals surface area contributed by atoms with Gasteiger partial charge in [0.2, 0.25) is 11.8 Å². The van der Waals surface area contributed by atoms with Gasteiger partial charge in [0.25, 0.3) is 0 Å². The van der Waals surface area contributed by atoms with E-state index < -0.39 is 6.10 Å². The first-order valence-electron chi connectivity index (χ1n) is 11.8. The van der Waals surface area contributed by atoms with Gasteiger partial charge < -0.3 is 25.8 Å². The van der Waals surface area contributed by atoms with Gasteiger partial charge in [-0.3, -0.25) is 9.48 Å². The fraction of sp³-hybridized carbons (Fsp3) is 0.320. The van der Waals surface area contributed by atoms with Crippen molar-refractivity contribution in [1.29, 1.82) is 0 Å². The predicted octanol–water partition coefficient (Wildman–Crippen LogP) is 2.35. The van der Waals surface area contributed by atoms with E-state index >= 15 is 0 Å². The van der Waals surface area contributed by atoms with Crippen molar-refractivity contribution >= 4 is 34.1 Å². The molecule has 0 fully saturated rings. The summed E-state index contributed by atoms with van der Waals surface area (Å²) in [6, 6.07) is 5.77. The smallest absolute Gasteiger partial charge is 0.244 e. The summed E-state index contributed by atoms with van der Waals surface area (Å²) in [4.78, 5) is 27.4. The van der Waals surface area contributed by atoms with Crippen LogP contribution in [0.15, 0.2) is 30.6 Å². The summed E-state index contributed by atoms with van der Waals surface area (Å²) in [6.45, 7) is 3.25. The number of rotatable bonds is 3. The number of carbonyl (C=O) groups is 1. The Balaban J connectivity index is 1.34. The number of anilines is 3. The predicted molar refractivity (Wildman–Crippen MR) is 134 cm³/mol. The molecule has 0 aromatic carbocycles. The summed E-state index contributed by atoms with van der Waals surface area (Å²) < 4.78 is 7.35. The van der Waals surface area contributed by atoms with Gasteiger partial charge in [0, 0.05) is 67.1 Å². The second kappa shape index (κ2) is 8.45. The molecule has 6 rings (SSSR count). The van der Waals surface area contributed by atoms with E-state index in [0.29, 0.717) is 54.2 Å². The summed E-state index contributed by atoms with van der Waals surface area (Å²) in [5, 5.41) is 19.9. The van der Waals surface area contributed by atoms with Gasteiger partial charge in [-0.2, -0.15) is 5.10 Å². The Labute approximate surface area is 206 Å². The molecule has 0 unspecified atom stereocenters. The minimum atomic E-state index is -0.625. The molecule has 184 valence electrons. The number of aromatic nitrogens is 5. The lowest BCUT2D eigenvalue weighted by Gasteiger charge is -2.24. The van der Waals surface area contributed by atoms with Crippen molar-refractivity contribution in [1.82, 2.24) is 29.6 Å². The van der Waals surface area contributed by atoms with Crippen molar-refractivity contribution in [3.8, 4) is 17.1 Å². The molecule has 11 heteroatoms. The van der Waals surface area contributed by atoms with Crippen LogP contribution in [0.25, 0.3) is 22.0 Å². The zero-order chi connectivity index (χ0) is 25.0. The average Bonchev–Trinajstić information content (AvgIpc) is 3.17. The number of likely N-dealkylation sites (N-methyl/N-ethyl adjacent to an activating group) is 1. The van der Waals surface area contributed by atoms with E-state index in [2.05, 4.69) is 25.4 Å². The summed E-state index contributed by atoms with van der Waals surface area (Å²) >= 11 is 0. The number of carbonyl (C=O) groups excluding carboxylic acids is 1. The maximum Gasteiger partial charge on any atom is 0.244 e. The minimum Gasteiger partial charge on any atom is -0.477 e. The Kier molecular flexibility index (Phi) is 5.22. The van der Waals surface area contributed by atoms with Crippen LogP contribution in [0.2, 0.25) is 0 Å². The SMILES string of the molecule is Cc1c(-c2cc3cc(Nc4cc5n(n4)CC(=O)N(C)CC5)ncc3c(N)n2)cnc2c1[C@H](O)CCO2. The number of nitrogens with one attached hydrogen (secondary N) is 1. The van der Waals surface area contributed by atoms with E-state index in [0.717, 1.165) is 34.0 Å². The lowest BCUT2D eigenvalue weighted by Crippen LogP contribution is -2.29. The molecular formula is C25H26N8O3. The molecule has 1 atom stereocenters. The lowest BCUT2D eigenvalue weighted by atomic mass is 9.95. The summed E-state index contributed by atoms with van der Waals surface area (Å²) in [7, 11) is 1.80. The molecule has 0 bridgehead atoms. The van der Waals surface area contributed by atoms with E-state index in [4.69, 9.17) is 10.5 Å².